The maximum atomic E-state index is 11.7. The van der Waals surface area contributed by atoms with Crippen molar-refractivity contribution < 1.29 is 14.3 Å². The van der Waals surface area contributed by atoms with Gasteiger partial charge in [0.15, 0.2) is 23.4 Å². The zero-order valence-electron chi connectivity index (χ0n) is 12.0. The second-order valence-corrected chi connectivity index (χ2v) is 4.50. The van der Waals surface area contributed by atoms with Gasteiger partial charge >= 0.3 is 6.03 Å². The number of nitrogens with one attached hydrogen (secondary N) is 2. The van der Waals surface area contributed by atoms with Crippen molar-refractivity contribution in [2.45, 2.75) is 6.92 Å². The van der Waals surface area contributed by atoms with Crippen molar-refractivity contribution in [2.75, 3.05) is 18.7 Å². The van der Waals surface area contributed by atoms with Crippen LogP contribution in [0.15, 0.2) is 42.6 Å². The van der Waals surface area contributed by atoms with Crippen LogP contribution in [-0.4, -0.2) is 24.4 Å². The van der Waals surface area contributed by atoms with Gasteiger partial charge in [0.05, 0.1) is 12.3 Å². The molecule has 7 heteroatoms. The van der Waals surface area contributed by atoms with E-state index >= 15 is 0 Å². The smallest absolute Gasteiger partial charge is 0.321 e. The van der Waals surface area contributed by atoms with E-state index in [1.807, 2.05) is 19.1 Å². The third-order valence-electron chi connectivity index (χ3n) is 2.62. The number of rotatable bonds is 6. The molecule has 22 heavy (non-hydrogen) atoms. The fraction of sp³-hybridized carbons (Fsp3) is 0.200. The predicted molar refractivity (Wildman–Crippen MR) is 84.5 cm³/mol. The Balaban J connectivity index is 1.84. The van der Waals surface area contributed by atoms with E-state index in [0.717, 1.165) is 0 Å². The molecular weight excluding hydrogens is 306 g/mol. The van der Waals surface area contributed by atoms with E-state index in [2.05, 4.69) is 15.6 Å². The lowest BCUT2D eigenvalue weighted by atomic mass is 10.3. The molecule has 0 radical (unpaired) electrons. The van der Waals surface area contributed by atoms with Crippen molar-refractivity contribution in [1.82, 2.24) is 10.3 Å². The molecule has 0 atom stereocenters. The van der Waals surface area contributed by atoms with Gasteiger partial charge in [0.1, 0.15) is 0 Å². The Bertz CT molecular complexity index is 637. The molecule has 0 spiro atoms. The normalized spacial score (nSPS) is 9.91. The molecule has 0 saturated carbocycles. The summed E-state index contributed by atoms with van der Waals surface area (Å²) in [4.78, 5) is 15.6. The molecule has 116 valence electrons. The molecule has 0 unspecified atom stereocenters. The molecule has 2 amide bonds. The maximum Gasteiger partial charge on any atom is 0.321 e. The number of hydrogen-bond acceptors (Lipinski definition) is 4. The number of pyridine rings is 1. The van der Waals surface area contributed by atoms with E-state index in [0.29, 0.717) is 23.8 Å². The standard InChI is InChI=1S/C15H16ClN3O3/c1-2-21-12-7-3-4-8-13(12)22-10-18-15(20)19-11-6-5-9-17-14(11)16/h3-9H,2,10H2,1H3,(H2,18,19,20). The number of halogens is 1. The second-order valence-electron chi connectivity index (χ2n) is 4.14. The molecule has 0 bridgehead atoms. The lowest BCUT2D eigenvalue weighted by Crippen LogP contribution is -2.32. The summed E-state index contributed by atoms with van der Waals surface area (Å²) in [5.74, 6) is 1.19. The van der Waals surface area contributed by atoms with Gasteiger partial charge in [-0.15, -0.1) is 0 Å². The maximum absolute atomic E-state index is 11.7. The molecule has 0 fully saturated rings. The fourth-order valence-electron chi connectivity index (χ4n) is 1.67. The van der Waals surface area contributed by atoms with Crippen LogP contribution in [0.4, 0.5) is 10.5 Å². The topological polar surface area (TPSA) is 72.5 Å². The second kappa shape index (κ2) is 8.09. The lowest BCUT2D eigenvalue weighted by molar-refractivity contribution is 0.229. The number of urea groups is 1. The number of benzene rings is 1. The third-order valence-corrected chi connectivity index (χ3v) is 2.92. The Kier molecular flexibility index (Phi) is 5.85. The van der Waals surface area contributed by atoms with Gasteiger partial charge in [-0.25, -0.2) is 9.78 Å². The Morgan fingerprint density at radius 2 is 1.91 bits per heavy atom. The minimum Gasteiger partial charge on any atom is -0.490 e. The van der Waals surface area contributed by atoms with Gasteiger partial charge < -0.3 is 20.1 Å². The Morgan fingerprint density at radius 1 is 1.18 bits per heavy atom. The highest BCUT2D eigenvalue weighted by atomic mass is 35.5. The van der Waals surface area contributed by atoms with Gasteiger partial charge in [0, 0.05) is 6.20 Å². The number of anilines is 1. The van der Waals surface area contributed by atoms with Crippen molar-refractivity contribution in [3.8, 4) is 11.5 Å². The predicted octanol–water partition coefficient (Wildman–Crippen LogP) is 3.29. The van der Waals surface area contributed by atoms with E-state index in [4.69, 9.17) is 21.1 Å². The lowest BCUT2D eigenvalue weighted by Gasteiger charge is -2.12. The van der Waals surface area contributed by atoms with Crippen molar-refractivity contribution in [3.05, 3.63) is 47.7 Å². The van der Waals surface area contributed by atoms with Gasteiger partial charge in [-0.05, 0) is 31.2 Å². The van der Waals surface area contributed by atoms with E-state index < -0.39 is 6.03 Å². The molecule has 2 aromatic rings. The molecule has 2 rings (SSSR count). The van der Waals surface area contributed by atoms with Crippen LogP contribution in [0.25, 0.3) is 0 Å². The number of nitrogens with zero attached hydrogens (tertiary/aromatic N) is 1. The number of carbonyl (C=O) groups is 1. The average molecular weight is 322 g/mol. The minimum absolute atomic E-state index is 0.00615. The van der Waals surface area contributed by atoms with Crippen molar-refractivity contribution in [1.29, 1.82) is 0 Å². The first-order valence-corrected chi connectivity index (χ1v) is 7.08. The number of amides is 2. The summed E-state index contributed by atoms with van der Waals surface area (Å²) in [6, 6.07) is 10.1. The number of ether oxygens (including phenoxy) is 2. The fourth-order valence-corrected chi connectivity index (χ4v) is 1.84. The third kappa shape index (κ3) is 4.53. The molecule has 0 aliphatic rings. The summed E-state index contributed by atoms with van der Waals surface area (Å²) >= 11 is 5.85. The van der Waals surface area contributed by atoms with Crippen LogP contribution in [0.2, 0.25) is 5.15 Å². The molecule has 1 aromatic heterocycles. The Labute approximate surface area is 133 Å². The van der Waals surface area contributed by atoms with Gasteiger partial charge in [0.25, 0.3) is 0 Å². The van der Waals surface area contributed by atoms with Crippen LogP contribution in [0.5, 0.6) is 11.5 Å². The van der Waals surface area contributed by atoms with E-state index in [1.54, 1.807) is 30.5 Å². The molecule has 6 nitrogen and oxygen atoms in total. The average Bonchev–Trinajstić information content (AvgIpc) is 2.51. The highest BCUT2D eigenvalue weighted by molar-refractivity contribution is 6.32. The highest BCUT2D eigenvalue weighted by Gasteiger charge is 2.07. The highest BCUT2D eigenvalue weighted by Crippen LogP contribution is 2.25. The number of aromatic nitrogens is 1. The van der Waals surface area contributed by atoms with Crippen LogP contribution in [0, 0.1) is 0 Å². The molecule has 1 heterocycles. The summed E-state index contributed by atoms with van der Waals surface area (Å²) in [6.07, 6.45) is 1.54. The van der Waals surface area contributed by atoms with Crippen LogP contribution >= 0.6 is 11.6 Å². The first kappa shape index (κ1) is 15.9. The number of carbonyl (C=O) groups excluding carboxylic acids is 1. The summed E-state index contributed by atoms with van der Waals surface area (Å²) in [5.41, 5.74) is 0.427. The number of para-hydroxylation sites is 2. The van der Waals surface area contributed by atoms with Crippen molar-refractivity contribution in [2.24, 2.45) is 0 Å². The molecule has 2 N–H and O–H groups in total. The summed E-state index contributed by atoms with van der Waals surface area (Å²) in [5, 5.41) is 5.36. The largest absolute Gasteiger partial charge is 0.490 e. The van der Waals surface area contributed by atoms with Crippen LogP contribution in [0.1, 0.15) is 6.92 Å². The van der Waals surface area contributed by atoms with Crippen LogP contribution in [0.3, 0.4) is 0 Å². The first-order chi connectivity index (χ1) is 10.7. The van der Waals surface area contributed by atoms with Crippen LogP contribution < -0.4 is 20.1 Å². The molecule has 0 saturated heterocycles. The SMILES string of the molecule is CCOc1ccccc1OCNC(=O)Nc1cccnc1Cl. The van der Waals surface area contributed by atoms with Crippen molar-refractivity contribution >= 4 is 23.3 Å². The Hall–Kier alpha value is -2.47. The molecular formula is C15H16ClN3O3. The molecule has 1 aromatic carbocycles. The van der Waals surface area contributed by atoms with Gasteiger partial charge in [0.2, 0.25) is 0 Å². The Morgan fingerprint density at radius 3 is 2.59 bits per heavy atom. The van der Waals surface area contributed by atoms with E-state index in [9.17, 15) is 4.79 Å². The van der Waals surface area contributed by atoms with E-state index in [1.165, 1.54) is 0 Å². The monoisotopic (exact) mass is 321 g/mol. The van der Waals surface area contributed by atoms with Gasteiger partial charge in [-0.3, -0.25) is 0 Å². The summed E-state index contributed by atoms with van der Waals surface area (Å²) in [7, 11) is 0. The molecule has 0 aliphatic heterocycles. The van der Waals surface area contributed by atoms with Crippen molar-refractivity contribution in [3.63, 3.8) is 0 Å². The van der Waals surface area contributed by atoms with E-state index in [-0.39, 0.29) is 11.9 Å². The quantitative estimate of drug-likeness (QED) is 0.632. The summed E-state index contributed by atoms with van der Waals surface area (Å²) in [6.45, 7) is 2.42. The molecule has 0 aliphatic carbocycles. The zero-order valence-corrected chi connectivity index (χ0v) is 12.8. The minimum atomic E-state index is -0.441. The van der Waals surface area contributed by atoms with Gasteiger partial charge in [-0.2, -0.15) is 0 Å². The number of hydrogen-bond donors (Lipinski definition) is 2. The van der Waals surface area contributed by atoms with Crippen LogP contribution in [-0.2, 0) is 0 Å². The zero-order chi connectivity index (χ0) is 15.8. The van der Waals surface area contributed by atoms with Gasteiger partial charge in [-0.1, -0.05) is 23.7 Å². The summed E-state index contributed by atoms with van der Waals surface area (Å²) < 4.78 is 10.9. The first-order valence-electron chi connectivity index (χ1n) is 6.70.